The summed E-state index contributed by atoms with van der Waals surface area (Å²) >= 11 is 0. The molecule has 0 aliphatic rings. The number of alkyl carbamates (subject to hydrolysis) is 1. The highest BCUT2D eigenvalue weighted by atomic mass is 16.6. The molecular weight excluding hydrogens is 332 g/mol. The normalized spacial score (nSPS) is 12.9. The van der Waals surface area contributed by atoms with Crippen LogP contribution in [0.1, 0.15) is 54.0 Å². The molecule has 0 heterocycles. The van der Waals surface area contributed by atoms with Crippen LogP contribution in [0.4, 0.5) is 4.79 Å². The van der Waals surface area contributed by atoms with Crippen molar-refractivity contribution in [2.24, 2.45) is 0 Å². The maximum absolute atomic E-state index is 12.0. The molecule has 1 rings (SSSR count). The fraction of sp³-hybridized carbons (Fsp3) is 0.600. The first-order valence-electron chi connectivity index (χ1n) is 8.89. The molecule has 0 saturated carbocycles. The van der Waals surface area contributed by atoms with Crippen molar-refractivity contribution >= 4 is 12.0 Å². The van der Waals surface area contributed by atoms with Crippen LogP contribution in [0, 0.1) is 0 Å². The Morgan fingerprint density at radius 1 is 1.04 bits per heavy atom. The zero-order valence-corrected chi connectivity index (χ0v) is 16.9. The Bertz CT molecular complexity index is 598. The Morgan fingerprint density at radius 3 is 2.12 bits per heavy atom. The van der Waals surface area contributed by atoms with Crippen molar-refractivity contribution in [3.63, 3.8) is 0 Å². The van der Waals surface area contributed by atoms with Crippen LogP contribution in [0.25, 0.3) is 0 Å². The van der Waals surface area contributed by atoms with Crippen LogP contribution in [-0.2, 0) is 14.9 Å². The molecule has 0 radical (unpaired) electrons. The third-order valence-corrected chi connectivity index (χ3v) is 3.52. The van der Waals surface area contributed by atoms with Gasteiger partial charge in [0.2, 0.25) is 5.91 Å². The third kappa shape index (κ3) is 8.23. The van der Waals surface area contributed by atoms with Gasteiger partial charge >= 0.3 is 6.09 Å². The highest BCUT2D eigenvalue weighted by Gasteiger charge is 2.20. The summed E-state index contributed by atoms with van der Waals surface area (Å²) in [6.07, 6.45) is -0.615. The van der Waals surface area contributed by atoms with Crippen LogP contribution in [0.3, 0.4) is 0 Å². The monoisotopic (exact) mass is 364 g/mol. The van der Waals surface area contributed by atoms with Crippen LogP contribution in [-0.4, -0.2) is 36.8 Å². The van der Waals surface area contributed by atoms with Gasteiger partial charge in [-0.3, -0.25) is 4.79 Å². The molecule has 0 spiro atoms. The second kappa shape index (κ2) is 8.92. The van der Waals surface area contributed by atoms with Gasteiger partial charge in [0.15, 0.2) is 0 Å². The van der Waals surface area contributed by atoms with Crippen molar-refractivity contribution in [1.82, 2.24) is 10.6 Å². The first kappa shape index (κ1) is 21.8. The fourth-order valence-electron chi connectivity index (χ4n) is 2.10. The van der Waals surface area contributed by atoms with Crippen LogP contribution >= 0.6 is 0 Å². The topological polar surface area (TPSA) is 76.7 Å². The Kier molecular flexibility index (Phi) is 7.48. The Morgan fingerprint density at radius 2 is 1.62 bits per heavy atom. The quantitative estimate of drug-likeness (QED) is 0.759. The maximum atomic E-state index is 12.0. The summed E-state index contributed by atoms with van der Waals surface area (Å²) in [5, 5.41) is 5.22. The number of amides is 2. The van der Waals surface area contributed by atoms with E-state index in [1.54, 1.807) is 27.7 Å². The van der Waals surface area contributed by atoms with E-state index in [2.05, 4.69) is 31.4 Å². The fourth-order valence-corrected chi connectivity index (χ4v) is 2.10. The molecule has 1 atom stereocenters. The van der Waals surface area contributed by atoms with Gasteiger partial charge in [0, 0.05) is 0 Å². The standard InChI is InChI=1S/C20H32N2O4/c1-14(22-18(24)26-20(5,6)7)17(23)21-12-13-25-16-10-8-15(9-11-16)19(2,3)4/h8-11,14H,12-13H2,1-7H3,(H,21,23)(H,22,24)/t14-/m1/s1. The van der Waals surface area contributed by atoms with Gasteiger partial charge in [-0.1, -0.05) is 32.9 Å². The zero-order chi connectivity index (χ0) is 20.0. The minimum absolute atomic E-state index is 0.101. The maximum Gasteiger partial charge on any atom is 0.408 e. The van der Waals surface area contributed by atoms with E-state index < -0.39 is 17.7 Å². The lowest BCUT2D eigenvalue weighted by molar-refractivity contribution is -0.122. The molecule has 2 amide bonds. The molecule has 146 valence electrons. The Hall–Kier alpha value is -2.24. The van der Waals surface area contributed by atoms with Gasteiger partial charge < -0.3 is 20.1 Å². The number of hydrogen-bond donors (Lipinski definition) is 2. The van der Waals surface area contributed by atoms with E-state index in [0.29, 0.717) is 13.2 Å². The summed E-state index contributed by atoms with van der Waals surface area (Å²) in [5.41, 5.74) is 0.737. The Balaban J connectivity index is 2.32. The lowest BCUT2D eigenvalue weighted by Crippen LogP contribution is -2.47. The highest BCUT2D eigenvalue weighted by Crippen LogP contribution is 2.24. The van der Waals surface area contributed by atoms with Crippen LogP contribution < -0.4 is 15.4 Å². The minimum Gasteiger partial charge on any atom is -0.492 e. The molecule has 6 heteroatoms. The molecule has 0 saturated heterocycles. The molecule has 0 bridgehead atoms. The van der Waals surface area contributed by atoms with Crippen molar-refractivity contribution in [1.29, 1.82) is 0 Å². The van der Waals surface area contributed by atoms with Crippen LogP contribution in [0.15, 0.2) is 24.3 Å². The zero-order valence-electron chi connectivity index (χ0n) is 16.9. The Labute approximate surface area is 156 Å². The lowest BCUT2D eigenvalue weighted by Gasteiger charge is -2.21. The minimum atomic E-state index is -0.684. The van der Waals surface area contributed by atoms with Crippen molar-refractivity contribution in [3.05, 3.63) is 29.8 Å². The van der Waals surface area contributed by atoms with Crippen LogP contribution in [0.2, 0.25) is 0 Å². The molecule has 1 aromatic rings. The number of carbonyl (C=O) groups excluding carboxylic acids is 2. The SMILES string of the molecule is C[C@@H](NC(=O)OC(C)(C)C)C(=O)NCCOc1ccc(C(C)(C)C)cc1. The van der Waals surface area contributed by atoms with Gasteiger partial charge in [-0.05, 0) is 50.8 Å². The summed E-state index contributed by atoms with van der Waals surface area (Å²) in [5.74, 6) is 0.467. The largest absolute Gasteiger partial charge is 0.492 e. The van der Waals surface area contributed by atoms with Gasteiger partial charge in [0.1, 0.15) is 24.0 Å². The first-order valence-corrected chi connectivity index (χ1v) is 8.89. The summed E-state index contributed by atoms with van der Waals surface area (Å²) in [4.78, 5) is 23.6. The van der Waals surface area contributed by atoms with E-state index in [0.717, 1.165) is 5.75 Å². The predicted octanol–water partition coefficient (Wildman–Crippen LogP) is 3.39. The van der Waals surface area contributed by atoms with Crippen molar-refractivity contribution in [3.8, 4) is 5.75 Å². The van der Waals surface area contributed by atoms with E-state index in [1.165, 1.54) is 5.56 Å². The van der Waals surface area contributed by atoms with Crippen LogP contribution in [0.5, 0.6) is 5.75 Å². The third-order valence-electron chi connectivity index (χ3n) is 3.52. The molecule has 26 heavy (non-hydrogen) atoms. The summed E-state index contributed by atoms with van der Waals surface area (Å²) < 4.78 is 10.7. The van der Waals surface area contributed by atoms with Gasteiger partial charge in [-0.25, -0.2) is 4.79 Å². The van der Waals surface area contributed by atoms with Crippen molar-refractivity contribution < 1.29 is 19.1 Å². The molecular formula is C20H32N2O4. The second-order valence-corrected chi connectivity index (χ2v) is 8.28. The number of carbonyl (C=O) groups is 2. The van der Waals surface area contributed by atoms with Crippen molar-refractivity contribution in [2.75, 3.05) is 13.2 Å². The molecule has 2 N–H and O–H groups in total. The molecule has 0 unspecified atom stereocenters. The molecule has 6 nitrogen and oxygen atoms in total. The lowest BCUT2D eigenvalue weighted by atomic mass is 9.87. The average molecular weight is 364 g/mol. The predicted molar refractivity (Wildman–Crippen MR) is 102 cm³/mol. The molecule has 0 aliphatic carbocycles. The number of hydrogen-bond acceptors (Lipinski definition) is 4. The van der Waals surface area contributed by atoms with Gasteiger partial charge in [-0.15, -0.1) is 0 Å². The first-order chi connectivity index (χ1) is 11.9. The van der Waals surface area contributed by atoms with Crippen molar-refractivity contribution in [2.45, 2.75) is 65.5 Å². The number of ether oxygens (including phenoxy) is 2. The average Bonchev–Trinajstić information content (AvgIpc) is 2.48. The number of nitrogens with one attached hydrogen (secondary N) is 2. The van der Waals surface area contributed by atoms with E-state index in [9.17, 15) is 9.59 Å². The van der Waals surface area contributed by atoms with E-state index in [4.69, 9.17) is 9.47 Å². The number of rotatable bonds is 6. The number of benzene rings is 1. The van der Waals surface area contributed by atoms with E-state index >= 15 is 0 Å². The molecule has 0 fully saturated rings. The molecule has 0 aliphatic heterocycles. The van der Waals surface area contributed by atoms with Gasteiger partial charge in [-0.2, -0.15) is 0 Å². The molecule has 0 aromatic heterocycles. The van der Waals surface area contributed by atoms with Gasteiger partial charge in [0.05, 0.1) is 6.54 Å². The van der Waals surface area contributed by atoms with E-state index in [-0.39, 0.29) is 11.3 Å². The highest BCUT2D eigenvalue weighted by molar-refractivity contribution is 5.85. The molecule has 1 aromatic carbocycles. The second-order valence-electron chi connectivity index (χ2n) is 8.28. The van der Waals surface area contributed by atoms with Gasteiger partial charge in [0.25, 0.3) is 0 Å². The summed E-state index contributed by atoms with van der Waals surface area (Å²) in [6.45, 7) is 14.1. The summed E-state index contributed by atoms with van der Waals surface area (Å²) in [7, 11) is 0. The smallest absolute Gasteiger partial charge is 0.408 e. The summed E-state index contributed by atoms with van der Waals surface area (Å²) in [6, 6.07) is 7.25. The van der Waals surface area contributed by atoms with E-state index in [1.807, 2.05) is 24.3 Å².